The number of benzene rings is 1. The Bertz CT molecular complexity index is 853. The predicted molar refractivity (Wildman–Crippen MR) is 111 cm³/mol. The number of methoxy groups -OCH3 is 1. The van der Waals surface area contributed by atoms with Crippen LogP contribution in [-0.2, 0) is 11.3 Å². The first-order chi connectivity index (χ1) is 13.9. The summed E-state index contributed by atoms with van der Waals surface area (Å²) in [6.45, 7) is 4.22. The smallest absolute Gasteiger partial charge is 0.255 e. The van der Waals surface area contributed by atoms with E-state index in [4.69, 9.17) is 13.9 Å². The number of carbonyl (C=O) groups excluding carboxylic acids is 2. The van der Waals surface area contributed by atoms with E-state index in [1.807, 2.05) is 19.9 Å². The number of furan rings is 1. The van der Waals surface area contributed by atoms with Crippen LogP contribution in [0.25, 0.3) is 0 Å². The molecule has 0 spiro atoms. The molecule has 0 saturated carbocycles. The van der Waals surface area contributed by atoms with Crippen molar-refractivity contribution in [1.29, 1.82) is 0 Å². The molecule has 1 aliphatic heterocycles. The molecule has 2 amide bonds. The van der Waals surface area contributed by atoms with Crippen molar-refractivity contribution < 1.29 is 23.5 Å². The number of carbonyl (C=O) groups is 2. The second-order valence-electron chi connectivity index (χ2n) is 7.10. The van der Waals surface area contributed by atoms with Crippen molar-refractivity contribution in [3.63, 3.8) is 0 Å². The molecule has 2 heterocycles. The third-order valence-electron chi connectivity index (χ3n) is 4.55. The van der Waals surface area contributed by atoms with Crippen LogP contribution in [-0.4, -0.2) is 59.5 Å². The number of ether oxygens (including phenoxy) is 2. The Morgan fingerprint density at radius 2 is 2.10 bits per heavy atom. The van der Waals surface area contributed by atoms with Crippen LogP contribution >= 0.6 is 11.8 Å². The summed E-state index contributed by atoms with van der Waals surface area (Å²) in [4.78, 5) is 29.3. The van der Waals surface area contributed by atoms with Crippen molar-refractivity contribution in [2.45, 2.75) is 32.5 Å². The molecular formula is C21H26N2O5S. The lowest BCUT2D eigenvalue weighted by molar-refractivity contribution is -0.134. The Morgan fingerprint density at radius 3 is 2.76 bits per heavy atom. The van der Waals surface area contributed by atoms with E-state index in [0.29, 0.717) is 41.0 Å². The lowest BCUT2D eigenvalue weighted by atomic mass is 10.1. The number of hydrogen-bond donors (Lipinski definition) is 0. The minimum atomic E-state index is -0.509. The van der Waals surface area contributed by atoms with E-state index in [2.05, 4.69) is 0 Å². The van der Waals surface area contributed by atoms with Gasteiger partial charge in [-0.15, -0.1) is 11.8 Å². The number of likely N-dealkylation sites (N-methyl/N-ethyl adjacent to an activating group) is 1. The number of thioether (sulfide) groups is 1. The van der Waals surface area contributed by atoms with Crippen molar-refractivity contribution in [1.82, 2.24) is 9.80 Å². The number of nitrogens with zero attached hydrogens (tertiary/aromatic N) is 2. The first-order valence-corrected chi connectivity index (χ1v) is 10.6. The maximum atomic E-state index is 13.1. The standard InChI is InChI=1S/C21H26N2O5S/c1-14(2)28-18-8-7-15(10-19(18)26-4)20(24)23-13-29-12-17(23)21(25)22(3)11-16-6-5-9-27-16/h5-10,14,17H,11-13H2,1-4H3. The van der Waals surface area contributed by atoms with Gasteiger partial charge in [-0.1, -0.05) is 0 Å². The van der Waals surface area contributed by atoms with Crippen LogP contribution < -0.4 is 9.47 Å². The molecule has 156 valence electrons. The van der Waals surface area contributed by atoms with E-state index in [1.54, 1.807) is 66.2 Å². The lowest BCUT2D eigenvalue weighted by Gasteiger charge is -2.27. The van der Waals surface area contributed by atoms with E-state index < -0.39 is 6.04 Å². The Labute approximate surface area is 174 Å². The van der Waals surface area contributed by atoms with Crippen LogP contribution in [0.2, 0.25) is 0 Å². The van der Waals surface area contributed by atoms with E-state index in [0.717, 1.165) is 0 Å². The summed E-state index contributed by atoms with van der Waals surface area (Å²) in [5.74, 6) is 2.51. The summed E-state index contributed by atoms with van der Waals surface area (Å²) in [7, 11) is 3.26. The average Bonchev–Trinajstić information content (AvgIpc) is 3.38. The molecule has 1 aromatic carbocycles. The summed E-state index contributed by atoms with van der Waals surface area (Å²) in [5.41, 5.74) is 0.465. The largest absolute Gasteiger partial charge is 0.493 e. The molecule has 7 nitrogen and oxygen atoms in total. The SMILES string of the molecule is COc1cc(C(=O)N2CSCC2C(=O)N(C)Cc2ccco2)ccc1OC(C)C. The van der Waals surface area contributed by atoms with Crippen LogP contribution in [0, 0.1) is 0 Å². The Balaban J connectivity index is 1.74. The van der Waals surface area contributed by atoms with Gasteiger partial charge in [0, 0.05) is 18.4 Å². The normalized spacial score (nSPS) is 16.2. The Hall–Kier alpha value is -2.61. The molecule has 1 aromatic heterocycles. The summed E-state index contributed by atoms with van der Waals surface area (Å²) in [6, 6.07) is 8.20. The van der Waals surface area contributed by atoms with Crippen LogP contribution in [0.1, 0.15) is 30.0 Å². The van der Waals surface area contributed by atoms with Gasteiger partial charge in [-0.05, 0) is 44.2 Å². The van der Waals surface area contributed by atoms with E-state index in [1.165, 1.54) is 0 Å². The van der Waals surface area contributed by atoms with Gasteiger partial charge in [0.15, 0.2) is 11.5 Å². The monoisotopic (exact) mass is 418 g/mol. The summed E-state index contributed by atoms with van der Waals surface area (Å²) < 4.78 is 16.4. The zero-order valence-corrected chi connectivity index (χ0v) is 17.9. The number of rotatable bonds is 7. The first kappa shape index (κ1) is 21.1. The van der Waals surface area contributed by atoms with Gasteiger partial charge in [-0.2, -0.15) is 0 Å². The van der Waals surface area contributed by atoms with Gasteiger partial charge >= 0.3 is 0 Å². The van der Waals surface area contributed by atoms with Gasteiger partial charge in [0.1, 0.15) is 11.8 Å². The third-order valence-corrected chi connectivity index (χ3v) is 5.56. The topological polar surface area (TPSA) is 72.2 Å². The number of amides is 2. The van der Waals surface area contributed by atoms with Crippen LogP contribution in [0.4, 0.5) is 0 Å². The highest BCUT2D eigenvalue weighted by molar-refractivity contribution is 7.99. The van der Waals surface area contributed by atoms with E-state index in [-0.39, 0.29) is 17.9 Å². The molecule has 8 heteroatoms. The van der Waals surface area contributed by atoms with Crippen molar-refractivity contribution in [2.75, 3.05) is 25.8 Å². The van der Waals surface area contributed by atoms with Crippen molar-refractivity contribution >= 4 is 23.6 Å². The van der Waals surface area contributed by atoms with Gasteiger partial charge in [-0.25, -0.2) is 0 Å². The zero-order valence-electron chi connectivity index (χ0n) is 17.1. The van der Waals surface area contributed by atoms with Gasteiger partial charge < -0.3 is 23.7 Å². The van der Waals surface area contributed by atoms with E-state index in [9.17, 15) is 9.59 Å². The molecule has 0 aliphatic carbocycles. The van der Waals surface area contributed by atoms with Crippen LogP contribution in [0.15, 0.2) is 41.0 Å². The zero-order chi connectivity index (χ0) is 21.0. The molecule has 1 atom stereocenters. The maximum Gasteiger partial charge on any atom is 0.255 e. The van der Waals surface area contributed by atoms with Crippen molar-refractivity contribution in [3.8, 4) is 11.5 Å². The minimum Gasteiger partial charge on any atom is -0.493 e. The van der Waals surface area contributed by atoms with Crippen LogP contribution in [0.3, 0.4) is 0 Å². The molecule has 1 fully saturated rings. The maximum absolute atomic E-state index is 13.1. The van der Waals surface area contributed by atoms with Gasteiger partial charge in [0.25, 0.3) is 5.91 Å². The fourth-order valence-electron chi connectivity index (χ4n) is 3.13. The molecule has 0 radical (unpaired) electrons. The number of hydrogen-bond acceptors (Lipinski definition) is 6. The highest BCUT2D eigenvalue weighted by Crippen LogP contribution is 2.31. The third kappa shape index (κ3) is 4.87. The average molecular weight is 419 g/mol. The molecule has 2 aromatic rings. The second kappa shape index (κ2) is 9.26. The highest BCUT2D eigenvalue weighted by Gasteiger charge is 2.37. The molecule has 1 unspecified atom stereocenters. The molecule has 0 N–H and O–H groups in total. The van der Waals surface area contributed by atoms with Gasteiger partial charge in [0.2, 0.25) is 5.91 Å². The first-order valence-electron chi connectivity index (χ1n) is 9.41. The molecule has 3 rings (SSSR count). The quantitative estimate of drug-likeness (QED) is 0.687. The van der Waals surface area contributed by atoms with E-state index >= 15 is 0 Å². The summed E-state index contributed by atoms with van der Waals surface area (Å²) >= 11 is 1.57. The Kier molecular flexibility index (Phi) is 6.74. The van der Waals surface area contributed by atoms with Crippen LogP contribution in [0.5, 0.6) is 11.5 Å². The second-order valence-corrected chi connectivity index (χ2v) is 8.10. The highest BCUT2D eigenvalue weighted by atomic mass is 32.2. The molecule has 1 aliphatic rings. The predicted octanol–water partition coefficient (Wildman–Crippen LogP) is 3.25. The van der Waals surface area contributed by atoms with Crippen molar-refractivity contribution in [3.05, 3.63) is 47.9 Å². The minimum absolute atomic E-state index is 0.00728. The van der Waals surface area contributed by atoms with Crippen molar-refractivity contribution in [2.24, 2.45) is 0 Å². The molecule has 29 heavy (non-hydrogen) atoms. The molecule has 1 saturated heterocycles. The van der Waals surface area contributed by atoms with Gasteiger partial charge in [0.05, 0.1) is 31.9 Å². The summed E-state index contributed by atoms with van der Waals surface area (Å²) in [6.07, 6.45) is 1.57. The van der Waals surface area contributed by atoms with Gasteiger partial charge in [-0.3, -0.25) is 9.59 Å². The fourth-order valence-corrected chi connectivity index (χ4v) is 4.28. The molecular weight excluding hydrogens is 392 g/mol. The summed E-state index contributed by atoms with van der Waals surface area (Å²) in [5, 5.41) is 0. The molecule has 0 bridgehead atoms. The fraction of sp³-hybridized carbons (Fsp3) is 0.429. The Morgan fingerprint density at radius 1 is 1.31 bits per heavy atom. The lowest BCUT2D eigenvalue weighted by Crippen LogP contribution is -2.47.